The molecule has 6 N–H and O–H groups in total. The van der Waals surface area contributed by atoms with Gasteiger partial charge in [-0.3, -0.25) is 9.69 Å². The van der Waals surface area contributed by atoms with Gasteiger partial charge in [-0.1, -0.05) is 0 Å². The van der Waals surface area contributed by atoms with Crippen LogP contribution in [0.2, 0.25) is 0 Å². The van der Waals surface area contributed by atoms with Gasteiger partial charge in [-0.15, -0.1) is 0 Å². The number of aliphatic hydroxyl groups excluding tert-OH is 4. The molecular weight excluding hydrogens is 216 g/mol. The Kier molecular flexibility index (Phi) is 4.63. The van der Waals surface area contributed by atoms with E-state index in [1.54, 1.807) is 0 Å². The number of carbonyl (C=O) groups excluding carboxylic acids is 1. The molecule has 0 aromatic carbocycles. The van der Waals surface area contributed by atoms with Gasteiger partial charge >= 0.3 is 0 Å². The molecule has 0 saturated carbocycles. The minimum absolute atomic E-state index is 0.116. The summed E-state index contributed by atoms with van der Waals surface area (Å²) in [6.45, 7) is -0.379. The highest BCUT2D eigenvalue weighted by Crippen LogP contribution is 2.26. The van der Waals surface area contributed by atoms with Crippen LogP contribution < -0.4 is 5.73 Å². The molecule has 1 aliphatic rings. The second-order valence-electron chi connectivity index (χ2n) is 3.93. The van der Waals surface area contributed by atoms with Crippen molar-refractivity contribution >= 4 is 5.91 Å². The predicted molar refractivity (Wildman–Crippen MR) is 54.3 cm³/mol. The number of primary amides is 1. The van der Waals surface area contributed by atoms with E-state index in [1.807, 2.05) is 0 Å². The summed E-state index contributed by atoms with van der Waals surface area (Å²) in [6, 6.07) is -1.33. The number of hydrogen-bond donors (Lipinski definition) is 5. The zero-order chi connectivity index (χ0) is 12.3. The molecule has 0 spiro atoms. The van der Waals surface area contributed by atoms with Crippen LogP contribution in [0.3, 0.4) is 0 Å². The van der Waals surface area contributed by atoms with Crippen LogP contribution in [0.1, 0.15) is 6.42 Å². The molecule has 1 aliphatic heterocycles. The van der Waals surface area contributed by atoms with Gasteiger partial charge in [0.1, 0.15) is 0 Å². The molecule has 1 rings (SSSR count). The van der Waals surface area contributed by atoms with Crippen LogP contribution in [-0.2, 0) is 4.79 Å². The van der Waals surface area contributed by atoms with Crippen molar-refractivity contribution in [2.24, 2.45) is 5.73 Å². The van der Waals surface area contributed by atoms with Crippen LogP contribution in [0.4, 0.5) is 0 Å². The van der Waals surface area contributed by atoms with Crippen LogP contribution in [0.25, 0.3) is 0 Å². The number of rotatable bonds is 5. The average Bonchev–Trinajstić information content (AvgIpc) is 2.43. The molecule has 0 radical (unpaired) electrons. The number of amides is 1. The fourth-order valence-electron chi connectivity index (χ4n) is 2.20. The molecule has 0 aliphatic carbocycles. The minimum atomic E-state index is -1.14. The number of likely N-dealkylation sites (tertiary alicyclic amines) is 1. The zero-order valence-electron chi connectivity index (χ0n) is 8.86. The van der Waals surface area contributed by atoms with Crippen LogP contribution in [-0.4, -0.2) is 75.3 Å². The van der Waals surface area contributed by atoms with E-state index in [4.69, 9.17) is 15.9 Å². The summed E-state index contributed by atoms with van der Waals surface area (Å²) in [5, 5.41) is 37.3. The van der Waals surface area contributed by atoms with E-state index in [1.165, 1.54) is 4.90 Å². The Morgan fingerprint density at radius 2 is 1.75 bits per heavy atom. The first kappa shape index (κ1) is 13.3. The first-order chi connectivity index (χ1) is 7.52. The molecule has 94 valence electrons. The van der Waals surface area contributed by atoms with Crippen LogP contribution in [0.15, 0.2) is 0 Å². The summed E-state index contributed by atoms with van der Waals surface area (Å²) < 4.78 is 0. The minimum Gasteiger partial charge on any atom is -0.395 e. The third-order valence-electron chi connectivity index (χ3n) is 2.95. The molecule has 1 saturated heterocycles. The van der Waals surface area contributed by atoms with E-state index in [9.17, 15) is 15.0 Å². The van der Waals surface area contributed by atoms with E-state index in [0.29, 0.717) is 0 Å². The lowest BCUT2D eigenvalue weighted by atomic mass is 10.1. The summed E-state index contributed by atoms with van der Waals surface area (Å²) in [7, 11) is 0. The lowest BCUT2D eigenvalue weighted by Gasteiger charge is -2.27. The fourth-order valence-corrected chi connectivity index (χ4v) is 2.20. The number of carbonyl (C=O) groups is 1. The molecule has 0 bridgehead atoms. The van der Waals surface area contributed by atoms with Crippen molar-refractivity contribution in [3.8, 4) is 0 Å². The maximum Gasteiger partial charge on any atom is 0.219 e. The number of aliphatic hydroxyl groups is 4. The highest BCUT2D eigenvalue weighted by Gasteiger charge is 2.47. The highest BCUT2D eigenvalue weighted by molar-refractivity contribution is 5.74. The molecule has 1 heterocycles. The smallest absolute Gasteiger partial charge is 0.219 e. The van der Waals surface area contributed by atoms with Gasteiger partial charge in [0.2, 0.25) is 5.91 Å². The van der Waals surface area contributed by atoms with Crippen molar-refractivity contribution in [2.75, 3.05) is 19.8 Å². The molecular formula is C9H18N2O5. The second kappa shape index (κ2) is 5.55. The van der Waals surface area contributed by atoms with Gasteiger partial charge in [0.25, 0.3) is 0 Å². The molecule has 0 unspecified atom stereocenters. The van der Waals surface area contributed by atoms with Crippen molar-refractivity contribution < 1.29 is 25.2 Å². The van der Waals surface area contributed by atoms with E-state index in [2.05, 4.69) is 0 Å². The predicted octanol–water partition coefficient (Wildman–Crippen LogP) is -3.38. The maximum atomic E-state index is 10.8. The molecule has 0 aromatic heterocycles. The summed E-state index contributed by atoms with van der Waals surface area (Å²) in [5.74, 6) is -0.599. The second-order valence-corrected chi connectivity index (χ2v) is 3.93. The number of β-amino-alcohol motifs (C(OH)–C–C–N with tert-alkyl or cyclic N) is 1. The topological polar surface area (TPSA) is 127 Å². The summed E-state index contributed by atoms with van der Waals surface area (Å²) in [4.78, 5) is 12.3. The monoisotopic (exact) mass is 234 g/mol. The van der Waals surface area contributed by atoms with Crippen molar-refractivity contribution in [1.29, 1.82) is 0 Å². The fraction of sp³-hybridized carbons (Fsp3) is 0.889. The Morgan fingerprint density at radius 1 is 1.19 bits per heavy atom. The number of nitrogens with zero attached hydrogens (tertiary/aromatic N) is 1. The van der Waals surface area contributed by atoms with Crippen LogP contribution >= 0.6 is 0 Å². The Balaban J connectivity index is 2.81. The summed E-state index contributed by atoms with van der Waals surface area (Å²) >= 11 is 0. The van der Waals surface area contributed by atoms with E-state index in [0.717, 1.165) is 0 Å². The Hall–Kier alpha value is -0.730. The Labute approximate surface area is 93.1 Å². The SMILES string of the molecule is NC(=O)C[C@@H]1[C@H](O)[C@H](O)[C@@H](CO)N1CCO. The number of nitrogens with two attached hydrogens (primary N) is 1. The molecule has 7 nitrogen and oxygen atoms in total. The lowest BCUT2D eigenvalue weighted by Crippen LogP contribution is -2.44. The van der Waals surface area contributed by atoms with E-state index in [-0.39, 0.29) is 26.2 Å². The van der Waals surface area contributed by atoms with Crippen molar-refractivity contribution in [3.63, 3.8) is 0 Å². The average molecular weight is 234 g/mol. The quantitative estimate of drug-likeness (QED) is 0.338. The van der Waals surface area contributed by atoms with Gasteiger partial charge in [-0.2, -0.15) is 0 Å². The third-order valence-corrected chi connectivity index (χ3v) is 2.95. The molecule has 4 atom stereocenters. The first-order valence-corrected chi connectivity index (χ1v) is 5.14. The Bertz CT molecular complexity index is 250. The summed E-state index contributed by atoms with van der Waals surface area (Å²) in [5.41, 5.74) is 5.04. The van der Waals surface area contributed by atoms with Crippen LogP contribution in [0, 0.1) is 0 Å². The van der Waals surface area contributed by atoms with Crippen molar-refractivity contribution in [1.82, 2.24) is 4.90 Å². The van der Waals surface area contributed by atoms with Gasteiger partial charge in [-0.25, -0.2) is 0 Å². The summed E-state index contributed by atoms with van der Waals surface area (Å²) in [6.07, 6.45) is -2.40. The molecule has 16 heavy (non-hydrogen) atoms. The van der Waals surface area contributed by atoms with Crippen molar-refractivity contribution in [2.45, 2.75) is 30.7 Å². The lowest BCUT2D eigenvalue weighted by molar-refractivity contribution is -0.120. The number of hydrogen-bond acceptors (Lipinski definition) is 6. The standard InChI is InChI=1S/C9H18N2O5/c10-7(14)3-5-8(15)9(16)6(4-13)11(5)1-2-12/h5-6,8-9,12-13,15-16H,1-4H2,(H2,10,14)/t5-,6-,8+,9-/m1/s1. The highest BCUT2D eigenvalue weighted by atomic mass is 16.3. The Morgan fingerprint density at radius 3 is 2.19 bits per heavy atom. The van der Waals surface area contributed by atoms with E-state index >= 15 is 0 Å². The van der Waals surface area contributed by atoms with Gasteiger partial charge in [0.05, 0.1) is 31.5 Å². The van der Waals surface area contributed by atoms with Gasteiger partial charge in [0, 0.05) is 19.0 Å². The molecule has 1 fully saturated rings. The maximum absolute atomic E-state index is 10.8. The molecule has 0 aromatic rings. The molecule has 7 heteroatoms. The van der Waals surface area contributed by atoms with Gasteiger partial charge in [-0.05, 0) is 0 Å². The zero-order valence-corrected chi connectivity index (χ0v) is 8.86. The normalized spacial score (nSPS) is 35.5. The largest absolute Gasteiger partial charge is 0.395 e. The van der Waals surface area contributed by atoms with Crippen molar-refractivity contribution in [3.05, 3.63) is 0 Å². The van der Waals surface area contributed by atoms with E-state index < -0.39 is 30.2 Å². The first-order valence-electron chi connectivity index (χ1n) is 5.14. The van der Waals surface area contributed by atoms with Gasteiger partial charge < -0.3 is 26.2 Å². The molecule has 1 amide bonds. The van der Waals surface area contributed by atoms with Gasteiger partial charge in [0.15, 0.2) is 0 Å². The van der Waals surface area contributed by atoms with Crippen LogP contribution in [0.5, 0.6) is 0 Å². The third kappa shape index (κ3) is 2.50.